The topological polar surface area (TPSA) is 56.0 Å². The number of aromatic nitrogens is 1. The molecule has 1 aromatic heterocycles. The van der Waals surface area contributed by atoms with E-state index in [2.05, 4.69) is 4.98 Å². The van der Waals surface area contributed by atoms with Crippen LogP contribution >= 0.6 is 11.3 Å². The van der Waals surface area contributed by atoms with E-state index in [0.717, 1.165) is 23.5 Å². The number of carbonyl (C=O) groups excluding carboxylic acids is 1. The summed E-state index contributed by atoms with van der Waals surface area (Å²) in [5.74, 6) is 0.291. The Kier molecular flexibility index (Phi) is 3.40. The molecule has 2 N–H and O–H groups in total. The Labute approximate surface area is 100 Å². The van der Waals surface area contributed by atoms with E-state index in [0.29, 0.717) is 25.2 Å². The molecule has 0 aliphatic heterocycles. The number of thiazole rings is 1. The molecule has 1 saturated carbocycles. The number of rotatable bonds is 5. The second kappa shape index (κ2) is 4.63. The number of ketones is 1. The fraction of sp³-hybridized carbons (Fsp3) is 0.667. The van der Waals surface area contributed by atoms with Crippen molar-refractivity contribution in [1.29, 1.82) is 0 Å². The molecule has 3 nitrogen and oxygen atoms in total. The van der Waals surface area contributed by atoms with Gasteiger partial charge in [-0.05, 0) is 31.7 Å². The summed E-state index contributed by atoms with van der Waals surface area (Å²) in [7, 11) is 0. The lowest BCUT2D eigenvalue weighted by Crippen LogP contribution is -2.39. The van der Waals surface area contributed by atoms with E-state index in [4.69, 9.17) is 5.73 Å². The maximum Gasteiger partial charge on any atom is 0.140 e. The highest BCUT2D eigenvalue weighted by atomic mass is 32.1. The average Bonchev–Trinajstić information content (AvgIpc) is 2.57. The van der Waals surface area contributed by atoms with E-state index < -0.39 is 0 Å². The third-order valence-electron chi connectivity index (χ3n) is 3.43. The lowest BCUT2D eigenvalue weighted by atomic mass is 9.66. The molecule has 0 unspecified atom stereocenters. The first-order valence-electron chi connectivity index (χ1n) is 5.76. The van der Waals surface area contributed by atoms with Crippen LogP contribution in [0.5, 0.6) is 0 Å². The van der Waals surface area contributed by atoms with Crippen LogP contribution in [0.1, 0.15) is 36.4 Å². The molecule has 1 aliphatic rings. The molecular weight excluding hydrogens is 220 g/mol. The highest BCUT2D eigenvalue weighted by Crippen LogP contribution is 2.43. The van der Waals surface area contributed by atoms with Gasteiger partial charge in [-0.15, -0.1) is 11.3 Å². The van der Waals surface area contributed by atoms with Crippen molar-refractivity contribution in [3.8, 4) is 0 Å². The fourth-order valence-electron chi connectivity index (χ4n) is 2.26. The number of hydrogen-bond acceptors (Lipinski definition) is 4. The Morgan fingerprint density at radius 2 is 2.38 bits per heavy atom. The molecule has 4 heteroatoms. The standard InChI is InChI=1S/C12H18N2OS/c1-9-7-16-11(14-9)5-10(15)6-12(8-13)3-2-4-12/h7H,2-6,8,13H2,1H3. The van der Waals surface area contributed by atoms with Crippen molar-refractivity contribution in [3.05, 3.63) is 16.1 Å². The summed E-state index contributed by atoms with van der Waals surface area (Å²) in [4.78, 5) is 16.2. The van der Waals surface area contributed by atoms with E-state index in [-0.39, 0.29) is 5.41 Å². The summed E-state index contributed by atoms with van der Waals surface area (Å²) < 4.78 is 0. The number of carbonyl (C=O) groups is 1. The smallest absolute Gasteiger partial charge is 0.140 e. The van der Waals surface area contributed by atoms with Crippen molar-refractivity contribution in [2.24, 2.45) is 11.1 Å². The zero-order chi connectivity index (χ0) is 11.6. The van der Waals surface area contributed by atoms with Crippen LogP contribution in [0.3, 0.4) is 0 Å². The van der Waals surface area contributed by atoms with Gasteiger partial charge < -0.3 is 5.73 Å². The quantitative estimate of drug-likeness (QED) is 0.854. The molecule has 1 aliphatic carbocycles. The third kappa shape index (κ3) is 2.50. The van der Waals surface area contributed by atoms with E-state index in [9.17, 15) is 4.79 Å². The van der Waals surface area contributed by atoms with E-state index in [1.807, 2.05) is 12.3 Å². The third-order valence-corrected chi connectivity index (χ3v) is 4.40. The highest BCUT2D eigenvalue weighted by molar-refractivity contribution is 7.09. The Morgan fingerprint density at radius 1 is 1.62 bits per heavy atom. The molecule has 88 valence electrons. The lowest BCUT2D eigenvalue weighted by molar-refractivity contribution is -0.122. The monoisotopic (exact) mass is 238 g/mol. The predicted octanol–water partition coefficient (Wildman–Crippen LogP) is 2.08. The first-order chi connectivity index (χ1) is 7.63. The highest BCUT2D eigenvalue weighted by Gasteiger charge is 2.37. The molecule has 0 bridgehead atoms. The van der Waals surface area contributed by atoms with Gasteiger partial charge in [-0.25, -0.2) is 4.98 Å². The van der Waals surface area contributed by atoms with Gasteiger partial charge in [0.25, 0.3) is 0 Å². The molecule has 0 amide bonds. The van der Waals surface area contributed by atoms with Gasteiger partial charge in [0.15, 0.2) is 0 Å². The SMILES string of the molecule is Cc1csc(CC(=O)CC2(CN)CCC2)n1. The number of Topliss-reactive ketones (excluding diaryl/α,β-unsaturated/α-hetero) is 1. The van der Waals surface area contributed by atoms with Crippen LogP contribution in [0.25, 0.3) is 0 Å². The molecule has 1 heterocycles. The maximum atomic E-state index is 11.9. The van der Waals surface area contributed by atoms with Crippen LogP contribution in [-0.2, 0) is 11.2 Å². The fourth-order valence-corrected chi connectivity index (χ4v) is 3.06. The van der Waals surface area contributed by atoms with Crippen LogP contribution < -0.4 is 5.73 Å². The van der Waals surface area contributed by atoms with Gasteiger partial charge in [0.2, 0.25) is 0 Å². The Bertz CT molecular complexity index is 377. The summed E-state index contributed by atoms with van der Waals surface area (Å²) in [6.07, 6.45) is 4.58. The molecule has 0 radical (unpaired) electrons. The Morgan fingerprint density at radius 3 is 2.81 bits per heavy atom. The van der Waals surface area contributed by atoms with Crippen LogP contribution in [0.4, 0.5) is 0 Å². The number of nitrogens with two attached hydrogens (primary N) is 1. The second-order valence-corrected chi connectivity index (χ2v) is 5.78. The summed E-state index contributed by atoms with van der Waals surface area (Å²) >= 11 is 1.57. The van der Waals surface area contributed by atoms with Gasteiger partial charge in [0.05, 0.1) is 6.42 Å². The molecule has 1 aromatic rings. The molecule has 1 fully saturated rings. The van der Waals surface area contributed by atoms with E-state index >= 15 is 0 Å². The van der Waals surface area contributed by atoms with Crippen molar-refractivity contribution >= 4 is 17.1 Å². The average molecular weight is 238 g/mol. The van der Waals surface area contributed by atoms with E-state index in [1.54, 1.807) is 11.3 Å². The molecule has 0 atom stereocenters. The van der Waals surface area contributed by atoms with Gasteiger partial charge in [-0.3, -0.25) is 4.79 Å². The van der Waals surface area contributed by atoms with Crippen molar-refractivity contribution in [2.75, 3.05) is 6.54 Å². The summed E-state index contributed by atoms with van der Waals surface area (Å²) in [5, 5.41) is 2.93. The number of nitrogens with zero attached hydrogens (tertiary/aromatic N) is 1. The van der Waals surface area contributed by atoms with Crippen molar-refractivity contribution in [3.63, 3.8) is 0 Å². The largest absolute Gasteiger partial charge is 0.330 e. The normalized spacial score (nSPS) is 18.1. The van der Waals surface area contributed by atoms with Crippen LogP contribution in [0.15, 0.2) is 5.38 Å². The molecule has 16 heavy (non-hydrogen) atoms. The minimum atomic E-state index is 0.128. The molecule has 0 spiro atoms. The van der Waals surface area contributed by atoms with Crippen LogP contribution in [0.2, 0.25) is 0 Å². The van der Waals surface area contributed by atoms with Gasteiger partial charge in [0, 0.05) is 17.5 Å². The van der Waals surface area contributed by atoms with Crippen molar-refractivity contribution < 1.29 is 4.79 Å². The number of aryl methyl sites for hydroxylation is 1. The van der Waals surface area contributed by atoms with Crippen molar-refractivity contribution in [2.45, 2.75) is 39.0 Å². The minimum Gasteiger partial charge on any atom is -0.330 e. The van der Waals surface area contributed by atoms with Gasteiger partial charge in [0.1, 0.15) is 10.8 Å². The number of hydrogen-bond donors (Lipinski definition) is 1. The summed E-state index contributed by atoms with van der Waals surface area (Å²) in [6.45, 7) is 2.60. The van der Waals surface area contributed by atoms with Gasteiger partial charge >= 0.3 is 0 Å². The zero-order valence-corrected chi connectivity index (χ0v) is 10.5. The predicted molar refractivity (Wildman–Crippen MR) is 65.5 cm³/mol. The van der Waals surface area contributed by atoms with Crippen molar-refractivity contribution in [1.82, 2.24) is 4.98 Å². The summed E-state index contributed by atoms with van der Waals surface area (Å²) in [5.41, 5.74) is 6.88. The zero-order valence-electron chi connectivity index (χ0n) is 9.66. The lowest BCUT2D eigenvalue weighted by Gasteiger charge is -2.40. The Hall–Kier alpha value is -0.740. The first-order valence-corrected chi connectivity index (χ1v) is 6.64. The minimum absolute atomic E-state index is 0.128. The molecule has 2 rings (SSSR count). The van der Waals surface area contributed by atoms with Gasteiger partial charge in [-0.2, -0.15) is 0 Å². The Balaban J connectivity index is 1.89. The molecule has 0 aromatic carbocycles. The van der Waals surface area contributed by atoms with Crippen LogP contribution in [-0.4, -0.2) is 17.3 Å². The van der Waals surface area contributed by atoms with Crippen LogP contribution in [0, 0.1) is 12.3 Å². The van der Waals surface area contributed by atoms with Gasteiger partial charge in [-0.1, -0.05) is 6.42 Å². The second-order valence-electron chi connectivity index (χ2n) is 4.83. The molecule has 0 saturated heterocycles. The van der Waals surface area contributed by atoms with E-state index in [1.165, 1.54) is 6.42 Å². The molecular formula is C12H18N2OS. The maximum absolute atomic E-state index is 11.9. The summed E-state index contributed by atoms with van der Waals surface area (Å²) in [6, 6.07) is 0. The first kappa shape index (κ1) is 11.7.